The molecule has 0 bridgehead atoms. The Labute approximate surface area is 83.4 Å². The third-order valence-electron chi connectivity index (χ3n) is 2.81. The number of carbonyl (C=O) groups excluding carboxylic acids is 2. The standard InChI is InChI=1S/C11H13NO2/c1-11(7-3-2-4-8-12)9(13)5-6-10(11)14/h2,4H,3,5-7H2,1H3/b4-2+. The van der Waals surface area contributed by atoms with Gasteiger partial charge in [-0.05, 0) is 19.8 Å². The van der Waals surface area contributed by atoms with Crippen LogP contribution in [0, 0.1) is 16.7 Å². The molecule has 3 heteroatoms. The average molecular weight is 191 g/mol. The molecule has 1 saturated carbocycles. The topological polar surface area (TPSA) is 57.9 Å². The molecule has 0 spiro atoms. The second-order valence-corrected chi connectivity index (χ2v) is 3.75. The summed E-state index contributed by atoms with van der Waals surface area (Å²) in [5, 5.41) is 8.26. The molecule has 74 valence electrons. The molecule has 0 unspecified atom stereocenters. The van der Waals surface area contributed by atoms with Crippen LogP contribution in [0.15, 0.2) is 12.2 Å². The summed E-state index contributed by atoms with van der Waals surface area (Å²) in [6.45, 7) is 1.71. The molecule has 0 aliphatic heterocycles. The van der Waals surface area contributed by atoms with Gasteiger partial charge in [0.05, 0.1) is 11.5 Å². The van der Waals surface area contributed by atoms with E-state index < -0.39 is 5.41 Å². The van der Waals surface area contributed by atoms with E-state index in [1.165, 1.54) is 6.08 Å². The van der Waals surface area contributed by atoms with Crippen LogP contribution in [0.4, 0.5) is 0 Å². The lowest BCUT2D eigenvalue weighted by molar-refractivity contribution is -0.134. The van der Waals surface area contributed by atoms with E-state index in [9.17, 15) is 9.59 Å². The van der Waals surface area contributed by atoms with Crippen LogP contribution in [0.1, 0.15) is 32.6 Å². The van der Waals surface area contributed by atoms with E-state index in [4.69, 9.17) is 5.26 Å². The molecule has 0 N–H and O–H groups in total. The predicted molar refractivity (Wildman–Crippen MR) is 51.3 cm³/mol. The first-order valence-corrected chi connectivity index (χ1v) is 4.72. The van der Waals surface area contributed by atoms with Crippen molar-refractivity contribution >= 4 is 11.6 Å². The van der Waals surface area contributed by atoms with Crippen LogP contribution in [0.5, 0.6) is 0 Å². The molecule has 0 atom stereocenters. The Morgan fingerprint density at radius 3 is 2.50 bits per heavy atom. The first kappa shape index (κ1) is 10.6. The number of nitriles is 1. The molecule has 1 aliphatic rings. The molecular weight excluding hydrogens is 178 g/mol. The minimum atomic E-state index is -0.778. The van der Waals surface area contributed by atoms with Gasteiger partial charge in [0.1, 0.15) is 11.6 Å². The van der Waals surface area contributed by atoms with Crippen molar-refractivity contribution < 1.29 is 9.59 Å². The number of Topliss-reactive ketones (excluding diaryl/α,β-unsaturated/α-hetero) is 2. The minimum absolute atomic E-state index is 0.0489. The Balaban J connectivity index is 2.58. The van der Waals surface area contributed by atoms with E-state index in [2.05, 4.69) is 0 Å². The molecule has 14 heavy (non-hydrogen) atoms. The summed E-state index contributed by atoms with van der Waals surface area (Å²) in [6.07, 6.45) is 5.00. The number of hydrogen-bond donors (Lipinski definition) is 0. The fourth-order valence-electron chi connectivity index (χ4n) is 1.72. The van der Waals surface area contributed by atoms with Gasteiger partial charge in [-0.1, -0.05) is 6.08 Å². The highest BCUT2D eigenvalue weighted by atomic mass is 16.2. The van der Waals surface area contributed by atoms with Crippen molar-refractivity contribution in [2.45, 2.75) is 32.6 Å². The Morgan fingerprint density at radius 2 is 2.00 bits per heavy atom. The SMILES string of the molecule is CC1(CC/C=C/C#N)C(=O)CCC1=O. The Hall–Kier alpha value is -1.43. The lowest BCUT2D eigenvalue weighted by Gasteiger charge is -2.18. The van der Waals surface area contributed by atoms with Crippen LogP contribution in [0.3, 0.4) is 0 Å². The molecule has 0 amide bonds. The van der Waals surface area contributed by atoms with Crippen molar-refractivity contribution in [3.8, 4) is 6.07 Å². The molecule has 1 fully saturated rings. The highest BCUT2D eigenvalue weighted by molar-refractivity contribution is 6.12. The van der Waals surface area contributed by atoms with Crippen molar-refractivity contribution in [2.75, 3.05) is 0 Å². The molecule has 0 radical (unpaired) electrons. The van der Waals surface area contributed by atoms with Gasteiger partial charge in [-0.25, -0.2) is 0 Å². The van der Waals surface area contributed by atoms with E-state index in [-0.39, 0.29) is 11.6 Å². The van der Waals surface area contributed by atoms with Crippen molar-refractivity contribution in [3.05, 3.63) is 12.2 Å². The third-order valence-corrected chi connectivity index (χ3v) is 2.81. The summed E-state index contributed by atoms with van der Waals surface area (Å²) in [5.41, 5.74) is -0.778. The third kappa shape index (κ3) is 1.90. The van der Waals surface area contributed by atoms with Crippen LogP contribution >= 0.6 is 0 Å². The van der Waals surface area contributed by atoms with E-state index >= 15 is 0 Å². The van der Waals surface area contributed by atoms with Gasteiger partial charge in [-0.15, -0.1) is 0 Å². The van der Waals surface area contributed by atoms with Gasteiger partial charge in [0.15, 0.2) is 0 Å². The first-order chi connectivity index (χ1) is 6.61. The minimum Gasteiger partial charge on any atom is -0.299 e. The summed E-state index contributed by atoms with van der Waals surface area (Å²) in [5.74, 6) is 0.0979. The molecule has 1 aliphatic carbocycles. The van der Waals surface area contributed by atoms with Crippen molar-refractivity contribution in [1.29, 1.82) is 5.26 Å². The average Bonchev–Trinajstić information content (AvgIpc) is 2.42. The second-order valence-electron chi connectivity index (χ2n) is 3.75. The highest BCUT2D eigenvalue weighted by Gasteiger charge is 2.44. The predicted octanol–water partition coefficient (Wildman–Crippen LogP) is 1.78. The quantitative estimate of drug-likeness (QED) is 0.504. The molecular formula is C11H13NO2. The number of carbonyl (C=O) groups is 2. The lowest BCUT2D eigenvalue weighted by atomic mass is 9.82. The summed E-state index contributed by atoms with van der Waals surface area (Å²) < 4.78 is 0. The number of ketones is 2. The van der Waals surface area contributed by atoms with Gasteiger partial charge >= 0.3 is 0 Å². The van der Waals surface area contributed by atoms with Gasteiger partial charge in [-0.3, -0.25) is 9.59 Å². The smallest absolute Gasteiger partial charge is 0.146 e. The van der Waals surface area contributed by atoms with Gasteiger partial charge in [0.2, 0.25) is 0 Å². The maximum atomic E-state index is 11.5. The van der Waals surface area contributed by atoms with E-state index in [0.717, 1.165) is 0 Å². The summed E-state index contributed by atoms with van der Waals surface area (Å²) in [6, 6.07) is 1.88. The van der Waals surface area contributed by atoms with Crippen LogP contribution in [0.25, 0.3) is 0 Å². The number of allylic oxidation sites excluding steroid dienone is 2. The fraction of sp³-hybridized carbons (Fsp3) is 0.545. The Morgan fingerprint density at radius 1 is 1.43 bits per heavy atom. The molecule has 0 aromatic carbocycles. The lowest BCUT2D eigenvalue weighted by Crippen LogP contribution is -2.28. The Bertz CT molecular complexity index is 307. The number of hydrogen-bond acceptors (Lipinski definition) is 3. The fourth-order valence-corrected chi connectivity index (χ4v) is 1.72. The number of nitrogens with zero attached hydrogens (tertiary/aromatic N) is 1. The largest absolute Gasteiger partial charge is 0.299 e. The van der Waals surface area contributed by atoms with Crippen LogP contribution < -0.4 is 0 Å². The van der Waals surface area contributed by atoms with Crippen molar-refractivity contribution in [3.63, 3.8) is 0 Å². The monoisotopic (exact) mass is 191 g/mol. The zero-order chi connectivity index (χ0) is 10.6. The van der Waals surface area contributed by atoms with Crippen molar-refractivity contribution in [1.82, 2.24) is 0 Å². The zero-order valence-corrected chi connectivity index (χ0v) is 8.25. The van der Waals surface area contributed by atoms with Crippen LogP contribution in [0.2, 0.25) is 0 Å². The van der Waals surface area contributed by atoms with Crippen LogP contribution in [-0.2, 0) is 9.59 Å². The second kappa shape index (κ2) is 4.19. The zero-order valence-electron chi connectivity index (χ0n) is 8.25. The van der Waals surface area contributed by atoms with E-state index in [0.29, 0.717) is 25.7 Å². The maximum absolute atomic E-state index is 11.5. The molecule has 1 rings (SSSR count). The van der Waals surface area contributed by atoms with Gasteiger partial charge in [0.25, 0.3) is 0 Å². The van der Waals surface area contributed by atoms with Crippen LogP contribution in [-0.4, -0.2) is 11.6 Å². The number of rotatable bonds is 3. The summed E-state index contributed by atoms with van der Waals surface area (Å²) >= 11 is 0. The highest BCUT2D eigenvalue weighted by Crippen LogP contribution is 2.35. The van der Waals surface area contributed by atoms with Gasteiger partial charge < -0.3 is 0 Å². The molecule has 0 heterocycles. The van der Waals surface area contributed by atoms with E-state index in [1.807, 2.05) is 6.07 Å². The molecule has 3 nitrogen and oxygen atoms in total. The normalized spacial score (nSPS) is 20.3. The van der Waals surface area contributed by atoms with Gasteiger partial charge in [-0.2, -0.15) is 5.26 Å². The van der Waals surface area contributed by atoms with Gasteiger partial charge in [0, 0.05) is 18.9 Å². The first-order valence-electron chi connectivity index (χ1n) is 4.72. The van der Waals surface area contributed by atoms with Crippen molar-refractivity contribution in [2.24, 2.45) is 5.41 Å². The molecule has 0 aromatic heterocycles. The summed E-state index contributed by atoms with van der Waals surface area (Å²) in [7, 11) is 0. The maximum Gasteiger partial charge on any atom is 0.146 e. The molecule has 0 aromatic rings. The Kier molecular flexibility index (Phi) is 3.19. The van der Waals surface area contributed by atoms with E-state index in [1.54, 1.807) is 13.0 Å². The molecule has 0 saturated heterocycles. The summed E-state index contributed by atoms with van der Waals surface area (Å²) in [4.78, 5) is 22.9.